The zero-order chi connectivity index (χ0) is 10.1. The topological polar surface area (TPSA) is 29.1 Å². The molecule has 0 saturated carbocycles. The van der Waals surface area contributed by atoms with Crippen LogP contribution in [0.4, 0.5) is 0 Å². The van der Waals surface area contributed by atoms with Gasteiger partial charge in [-0.2, -0.15) is 0 Å². The fourth-order valence-electron chi connectivity index (χ4n) is 0.735. The van der Waals surface area contributed by atoms with Crippen LogP contribution in [-0.2, 0) is 4.79 Å². The van der Waals surface area contributed by atoms with Gasteiger partial charge >= 0.3 is 0 Å². The van der Waals surface area contributed by atoms with E-state index in [0.29, 0.717) is 0 Å². The van der Waals surface area contributed by atoms with Crippen LogP contribution in [-0.4, -0.2) is 11.9 Å². The molecule has 1 atom stereocenters. The maximum atomic E-state index is 11.1. The minimum Gasteiger partial charge on any atom is -0.339 e. The number of hydrogen-bond acceptors (Lipinski definition) is 1. The van der Waals surface area contributed by atoms with Crippen molar-refractivity contribution >= 4 is 5.91 Å². The molecule has 70 valence electrons. The number of allylic oxidation sites excluding steroid dienone is 3. The lowest BCUT2D eigenvalue weighted by Gasteiger charge is -2.07. The Morgan fingerprint density at radius 3 is 2.77 bits per heavy atom. The molecule has 0 bridgehead atoms. The molecule has 0 saturated heterocycles. The number of nitrogens with one attached hydrogen (secondary N) is 1. The second-order valence-electron chi connectivity index (χ2n) is 2.52. The van der Waals surface area contributed by atoms with E-state index in [1.807, 2.05) is 19.9 Å². The Morgan fingerprint density at radius 1 is 1.62 bits per heavy atom. The van der Waals surface area contributed by atoms with Crippen molar-refractivity contribution in [1.82, 2.24) is 5.32 Å². The van der Waals surface area contributed by atoms with Gasteiger partial charge in [0.2, 0.25) is 5.91 Å². The second kappa shape index (κ2) is 7.17. The van der Waals surface area contributed by atoms with Crippen LogP contribution < -0.4 is 5.32 Å². The molecule has 0 aliphatic carbocycles. The van der Waals surface area contributed by atoms with E-state index in [9.17, 15) is 4.79 Å². The zero-order valence-corrected chi connectivity index (χ0v) is 8.08. The summed E-state index contributed by atoms with van der Waals surface area (Å²) in [6, 6.07) is -0.164. The van der Waals surface area contributed by atoms with Crippen LogP contribution in [0.1, 0.15) is 20.3 Å². The number of terminal acetylenes is 1. The van der Waals surface area contributed by atoms with E-state index in [4.69, 9.17) is 6.42 Å². The summed E-state index contributed by atoms with van der Waals surface area (Å²) in [7, 11) is 0. The molecule has 1 unspecified atom stereocenters. The molecule has 0 aromatic carbocycles. The molecule has 0 aromatic heterocycles. The molecule has 0 fully saturated rings. The molecule has 2 nitrogen and oxygen atoms in total. The van der Waals surface area contributed by atoms with Gasteiger partial charge in [0.25, 0.3) is 0 Å². The normalized spacial score (nSPS) is 13.0. The molecule has 0 radical (unpaired) electrons. The predicted molar refractivity (Wildman–Crippen MR) is 55.0 cm³/mol. The number of hydrogen-bond donors (Lipinski definition) is 1. The van der Waals surface area contributed by atoms with E-state index in [1.54, 1.807) is 12.2 Å². The highest BCUT2D eigenvalue weighted by Gasteiger charge is 2.02. The monoisotopic (exact) mass is 177 g/mol. The van der Waals surface area contributed by atoms with Gasteiger partial charge in [-0.25, -0.2) is 0 Å². The number of carbonyl (C=O) groups is 1. The molecule has 1 N–H and O–H groups in total. The number of rotatable bonds is 4. The van der Waals surface area contributed by atoms with Crippen LogP contribution in [0.25, 0.3) is 0 Å². The third-order valence-electron chi connectivity index (χ3n) is 1.48. The molecular formula is C11H15NO. The highest BCUT2D eigenvalue weighted by molar-refractivity contribution is 5.88. The van der Waals surface area contributed by atoms with Crippen molar-refractivity contribution in [1.29, 1.82) is 0 Å². The SMILES string of the molecule is C#CC(CC)NC(=O)/C=C/C=CC. The van der Waals surface area contributed by atoms with Gasteiger partial charge in [-0.1, -0.05) is 31.1 Å². The Hall–Kier alpha value is -1.49. The Bertz CT molecular complexity index is 245. The molecule has 0 aliphatic rings. The van der Waals surface area contributed by atoms with Gasteiger partial charge in [-0.3, -0.25) is 4.79 Å². The molecular weight excluding hydrogens is 162 g/mol. The van der Waals surface area contributed by atoms with Crippen molar-refractivity contribution in [2.45, 2.75) is 26.3 Å². The first-order valence-electron chi connectivity index (χ1n) is 4.30. The minimum atomic E-state index is -0.164. The molecule has 2 heteroatoms. The first kappa shape index (κ1) is 11.5. The van der Waals surface area contributed by atoms with E-state index in [1.165, 1.54) is 6.08 Å². The summed E-state index contributed by atoms with van der Waals surface area (Å²) in [6.07, 6.45) is 12.7. The average Bonchev–Trinajstić information content (AvgIpc) is 2.14. The lowest BCUT2D eigenvalue weighted by Crippen LogP contribution is -2.31. The van der Waals surface area contributed by atoms with Crippen LogP contribution in [0.3, 0.4) is 0 Å². The Balaban J connectivity index is 3.94. The Labute approximate surface area is 79.7 Å². The molecule has 0 aromatic rings. The first-order chi connectivity index (χ1) is 6.24. The summed E-state index contributed by atoms with van der Waals surface area (Å²) in [5, 5.41) is 2.68. The van der Waals surface area contributed by atoms with Crippen molar-refractivity contribution in [3.8, 4) is 12.3 Å². The van der Waals surface area contributed by atoms with Gasteiger partial charge in [0.15, 0.2) is 0 Å². The lowest BCUT2D eigenvalue weighted by molar-refractivity contribution is -0.116. The molecule has 13 heavy (non-hydrogen) atoms. The number of amides is 1. The molecule has 0 spiro atoms. The quantitative estimate of drug-likeness (QED) is 0.395. The highest BCUT2D eigenvalue weighted by Crippen LogP contribution is 1.88. The maximum absolute atomic E-state index is 11.1. The van der Waals surface area contributed by atoms with Gasteiger partial charge in [0, 0.05) is 6.08 Å². The van der Waals surface area contributed by atoms with Crippen LogP contribution in [0.15, 0.2) is 24.3 Å². The minimum absolute atomic E-state index is 0.150. The van der Waals surface area contributed by atoms with Crippen LogP contribution in [0.5, 0.6) is 0 Å². The van der Waals surface area contributed by atoms with Crippen molar-refractivity contribution < 1.29 is 4.79 Å². The summed E-state index contributed by atoms with van der Waals surface area (Å²) >= 11 is 0. The third kappa shape index (κ3) is 5.75. The van der Waals surface area contributed by atoms with E-state index >= 15 is 0 Å². The summed E-state index contributed by atoms with van der Waals surface area (Å²) in [6.45, 7) is 3.82. The summed E-state index contributed by atoms with van der Waals surface area (Å²) in [5.74, 6) is 2.34. The fourth-order valence-corrected chi connectivity index (χ4v) is 0.735. The third-order valence-corrected chi connectivity index (χ3v) is 1.48. The maximum Gasteiger partial charge on any atom is 0.244 e. The van der Waals surface area contributed by atoms with E-state index in [-0.39, 0.29) is 11.9 Å². The molecule has 0 rings (SSSR count). The standard InChI is InChI=1S/C11H15NO/c1-4-7-8-9-11(13)12-10(5-2)6-3/h2,4,7-10H,6H2,1,3H3,(H,12,13)/b7-4?,9-8+. The highest BCUT2D eigenvalue weighted by atomic mass is 16.1. The van der Waals surface area contributed by atoms with Gasteiger partial charge in [0.1, 0.15) is 0 Å². The van der Waals surface area contributed by atoms with Gasteiger partial charge in [-0.05, 0) is 13.3 Å². The van der Waals surface area contributed by atoms with E-state index in [2.05, 4.69) is 11.2 Å². The van der Waals surface area contributed by atoms with Crippen molar-refractivity contribution in [3.05, 3.63) is 24.3 Å². The number of carbonyl (C=O) groups excluding carboxylic acids is 1. The average molecular weight is 177 g/mol. The predicted octanol–water partition coefficient (Wildman–Crippen LogP) is 1.65. The Kier molecular flexibility index (Phi) is 6.35. The smallest absolute Gasteiger partial charge is 0.244 e. The van der Waals surface area contributed by atoms with Gasteiger partial charge in [-0.15, -0.1) is 6.42 Å². The zero-order valence-electron chi connectivity index (χ0n) is 8.08. The van der Waals surface area contributed by atoms with Crippen molar-refractivity contribution in [2.75, 3.05) is 0 Å². The Morgan fingerprint density at radius 2 is 2.31 bits per heavy atom. The summed E-state index contributed by atoms with van der Waals surface area (Å²) in [4.78, 5) is 11.1. The molecule has 0 heterocycles. The van der Waals surface area contributed by atoms with Gasteiger partial charge < -0.3 is 5.32 Å². The first-order valence-corrected chi connectivity index (χ1v) is 4.30. The van der Waals surface area contributed by atoms with Crippen molar-refractivity contribution in [3.63, 3.8) is 0 Å². The van der Waals surface area contributed by atoms with Crippen LogP contribution in [0, 0.1) is 12.3 Å². The van der Waals surface area contributed by atoms with Crippen LogP contribution >= 0.6 is 0 Å². The lowest BCUT2D eigenvalue weighted by atomic mass is 10.2. The van der Waals surface area contributed by atoms with E-state index < -0.39 is 0 Å². The fraction of sp³-hybridized carbons (Fsp3) is 0.364. The molecule has 0 aliphatic heterocycles. The second-order valence-corrected chi connectivity index (χ2v) is 2.52. The largest absolute Gasteiger partial charge is 0.339 e. The summed E-state index contributed by atoms with van der Waals surface area (Å²) in [5.41, 5.74) is 0. The van der Waals surface area contributed by atoms with Crippen molar-refractivity contribution in [2.24, 2.45) is 0 Å². The van der Waals surface area contributed by atoms with E-state index in [0.717, 1.165) is 6.42 Å². The van der Waals surface area contributed by atoms with Crippen LogP contribution in [0.2, 0.25) is 0 Å². The van der Waals surface area contributed by atoms with Gasteiger partial charge in [0.05, 0.1) is 6.04 Å². The molecule has 1 amide bonds. The summed E-state index contributed by atoms with van der Waals surface area (Å²) < 4.78 is 0.